The molecule has 2 atom stereocenters. The van der Waals surface area contributed by atoms with Gasteiger partial charge in [-0.2, -0.15) is 0 Å². The van der Waals surface area contributed by atoms with Gasteiger partial charge < -0.3 is 20.3 Å². The maximum absolute atomic E-state index is 12.6. The minimum Gasteiger partial charge on any atom is -0.466 e. The number of carbonyl (C=O) groups is 2. The van der Waals surface area contributed by atoms with Gasteiger partial charge in [-0.15, -0.1) is 0 Å². The van der Waals surface area contributed by atoms with Crippen molar-refractivity contribution in [1.82, 2.24) is 5.32 Å². The predicted molar refractivity (Wildman–Crippen MR) is 393 cm³/mol. The molecule has 0 aliphatic heterocycles. The molecule has 1 amide bonds. The summed E-state index contributed by atoms with van der Waals surface area (Å²) in [7, 11) is 0. The van der Waals surface area contributed by atoms with E-state index in [9.17, 15) is 19.8 Å². The fraction of sp³-hybridized carbons (Fsp3) is 0.904. The Morgan fingerprint density at radius 3 is 0.876 bits per heavy atom. The number of rotatable bonds is 77. The molecule has 0 aliphatic rings. The van der Waals surface area contributed by atoms with Crippen molar-refractivity contribution >= 4 is 11.9 Å². The van der Waals surface area contributed by atoms with Crippen molar-refractivity contribution in [2.45, 2.75) is 469 Å². The number of ether oxygens (including phenoxy) is 1. The highest BCUT2D eigenvalue weighted by atomic mass is 16.5. The van der Waals surface area contributed by atoms with Crippen LogP contribution in [0.3, 0.4) is 0 Å². The quantitative estimate of drug-likeness (QED) is 0.0320. The molecule has 0 heterocycles. The maximum atomic E-state index is 12.6. The summed E-state index contributed by atoms with van der Waals surface area (Å²) >= 11 is 0. The van der Waals surface area contributed by atoms with Crippen molar-refractivity contribution in [3.8, 4) is 0 Å². The lowest BCUT2D eigenvalue weighted by atomic mass is 10.0. The predicted octanol–water partition coefficient (Wildman–Crippen LogP) is 27.0. The summed E-state index contributed by atoms with van der Waals surface area (Å²) in [6.07, 6.45) is 102. The van der Waals surface area contributed by atoms with Crippen LogP contribution in [0, 0.1) is 0 Å². The molecule has 6 nitrogen and oxygen atoms in total. The van der Waals surface area contributed by atoms with E-state index in [0.717, 1.165) is 51.4 Å². The molecule has 89 heavy (non-hydrogen) atoms. The van der Waals surface area contributed by atoms with Gasteiger partial charge in [-0.1, -0.05) is 397 Å². The SMILES string of the molecule is CCCCCC/C=C\CCCCCCCC(=O)OCCCCCCCCCCCCCCC/C=C\C/C=C\CCCCCCCCCCCCCCCCCCCC(=O)NC(CO)C(O)CCCCCCCCCCCCCCCCCCCCCCCC. The zero-order valence-corrected chi connectivity index (χ0v) is 60.4. The molecule has 0 saturated carbocycles. The van der Waals surface area contributed by atoms with E-state index in [1.165, 1.54) is 372 Å². The Labute approximate surface area is 557 Å². The van der Waals surface area contributed by atoms with Crippen LogP contribution in [0.2, 0.25) is 0 Å². The molecule has 0 bridgehead atoms. The highest BCUT2D eigenvalue weighted by molar-refractivity contribution is 5.76. The fourth-order valence-electron chi connectivity index (χ4n) is 13.0. The van der Waals surface area contributed by atoms with Gasteiger partial charge in [0.25, 0.3) is 0 Å². The molecule has 0 spiro atoms. The third-order valence-corrected chi connectivity index (χ3v) is 19.2. The number of hydrogen-bond acceptors (Lipinski definition) is 5. The first kappa shape index (κ1) is 87.1. The summed E-state index contributed by atoms with van der Waals surface area (Å²) in [4.78, 5) is 24.6. The van der Waals surface area contributed by atoms with E-state index < -0.39 is 12.1 Å². The number of esters is 1. The number of unbranched alkanes of at least 4 members (excludes halogenated alkanes) is 60. The molecule has 526 valence electrons. The van der Waals surface area contributed by atoms with Crippen LogP contribution >= 0.6 is 0 Å². The first-order valence-corrected chi connectivity index (χ1v) is 40.7. The summed E-state index contributed by atoms with van der Waals surface area (Å²) in [6.45, 7) is 4.98. The Bertz CT molecular complexity index is 1440. The second kappa shape index (κ2) is 78.5. The number of nitrogens with one attached hydrogen (secondary N) is 1. The minimum absolute atomic E-state index is 0.0101. The summed E-state index contributed by atoms with van der Waals surface area (Å²) in [6, 6.07) is -0.541. The topological polar surface area (TPSA) is 95.9 Å². The Kier molecular flexibility index (Phi) is 76.8. The lowest BCUT2D eigenvalue weighted by Crippen LogP contribution is -2.45. The maximum Gasteiger partial charge on any atom is 0.305 e. The van der Waals surface area contributed by atoms with Gasteiger partial charge in [0.05, 0.1) is 25.4 Å². The molecule has 6 heteroatoms. The van der Waals surface area contributed by atoms with E-state index in [1.807, 2.05) is 0 Å². The summed E-state index contributed by atoms with van der Waals surface area (Å²) < 4.78 is 5.49. The zero-order valence-electron chi connectivity index (χ0n) is 60.4. The Morgan fingerprint density at radius 1 is 0.315 bits per heavy atom. The minimum atomic E-state index is -0.664. The van der Waals surface area contributed by atoms with E-state index in [-0.39, 0.29) is 18.5 Å². The third-order valence-electron chi connectivity index (χ3n) is 19.2. The van der Waals surface area contributed by atoms with Crippen molar-refractivity contribution < 1.29 is 24.5 Å². The number of carbonyl (C=O) groups excluding carboxylic acids is 2. The van der Waals surface area contributed by atoms with Crippen LogP contribution in [0.1, 0.15) is 457 Å². The van der Waals surface area contributed by atoms with Gasteiger partial charge >= 0.3 is 5.97 Å². The van der Waals surface area contributed by atoms with E-state index in [1.54, 1.807) is 0 Å². The van der Waals surface area contributed by atoms with E-state index in [0.29, 0.717) is 25.9 Å². The van der Waals surface area contributed by atoms with Gasteiger partial charge in [0.2, 0.25) is 5.91 Å². The molecule has 0 aliphatic carbocycles. The molecule has 0 aromatic heterocycles. The van der Waals surface area contributed by atoms with E-state index in [4.69, 9.17) is 4.74 Å². The number of aliphatic hydroxyl groups excluding tert-OH is 2. The molecule has 0 saturated heterocycles. The molecule has 2 unspecified atom stereocenters. The highest BCUT2D eigenvalue weighted by Gasteiger charge is 2.20. The van der Waals surface area contributed by atoms with Crippen molar-refractivity contribution in [2.24, 2.45) is 0 Å². The average Bonchev–Trinajstić information content (AvgIpc) is 3.55. The summed E-state index contributed by atoms with van der Waals surface area (Å²) in [5, 5.41) is 23.5. The largest absolute Gasteiger partial charge is 0.466 e. The molecule has 0 rings (SSSR count). The molecule has 0 aromatic carbocycles. The fourth-order valence-corrected chi connectivity index (χ4v) is 13.0. The van der Waals surface area contributed by atoms with Gasteiger partial charge in [0.1, 0.15) is 0 Å². The average molecular weight is 1250 g/mol. The molecular formula is C83H159NO5. The van der Waals surface area contributed by atoms with Crippen molar-refractivity contribution in [2.75, 3.05) is 13.2 Å². The molecule has 0 fully saturated rings. The monoisotopic (exact) mass is 1250 g/mol. The Morgan fingerprint density at radius 2 is 0.562 bits per heavy atom. The van der Waals surface area contributed by atoms with Crippen molar-refractivity contribution in [3.63, 3.8) is 0 Å². The smallest absolute Gasteiger partial charge is 0.305 e. The van der Waals surface area contributed by atoms with Crippen LogP contribution in [-0.4, -0.2) is 47.4 Å². The zero-order chi connectivity index (χ0) is 64.2. The second-order valence-corrected chi connectivity index (χ2v) is 28.1. The molecular weight excluding hydrogens is 1090 g/mol. The summed E-state index contributed by atoms with van der Waals surface area (Å²) in [5.74, 6) is -0.0168. The van der Waals surface area contributed by atoms with Crippen LogP contribution < -0.4 is 5.32 Å². The number of aliphatic hydroxyl groups is 2. The molecule has 3 N–H and O–H groups in total. The highest BCUT2D eigenvalue weighted by Crippen LogP contribution is 2.20. The number of allylic oxidation sites excluding steroid dienone is 6. The lowest BCUT2D eigenvalue weighted by Gasteiger charge is -2.22. The van der Waals surface area contributed by atoms with Crippen LogP contribution in [0.25, 0.3) is 0 Å². The standard InChI is InChI=1S/C83H159NO5/c1-3-5-7-9-11-13-15-17-18-19-20-21-39-42-45-48-52-55-59-63-67-71-75-81(86)80(79-85)84-82(87)76-72-68-64-60-56-53-49-46-43-40-37-35-33-31-29-27-25-23-22-24-26-28-30-32-34-36-38-41-44-47-50-54-58-62-66-70-74-78-89-83(88)77-73-69-65-61-57-51-16-14-12-10-8-6-4-2/h14,16,22,24,28,30,80-81,85-86H,3-13,15,17-21,23,25-27,29,31-79H2,1-2H3,(H,84,87)/b16-14-,24-22-,30-28-. The van der Waals surface area contributed by atoms with Gasteiger partial charge in [0, 0.05) is 12.8 Å². The number of hydrogen-bond donors (Lipinski definition) is 3. The third kappa shape index (κ3) is 75.0. The van der Waals surface area contributed by atoms with Gasteiger partial charge in [-0.3, -0.25) is 9.59 Å². The molecule has 0 radical (unpaired) electrons. The van der Waals surface area contributed by atoms with Gasteiger partial charge in [0.15, 0.2) is 0 Å². The van der Waals surface area contributed by atoms with Crippen molar-refractivity contribution in [1.29, 1.82) is 0 Å². The Balaban J connectivity index is 3.37. The molecule has 0 aromatic rings. The van der Waals surface area contributed by atoms with E-state index >= 15 is 0 Å². The second-order valence-electron chi connectivity index (χ2n) is 28.1. The van der Waals surface area contributed by atoms with Gasteiger partial charge in [-0.25, -0.2) is 0 Å². The van der Waals surface area contributed by atoms with Crippen LogP contribution in [0.15, 0.2) is 36.5 Å². The van der Waals surface area contributed by atoms with Crippen LogP contribution in [0.5, 0.6) is 0 Å². The first-order chi connectivity index (χ1) is 44.0. The summed E-state index contributed by atoms with van der Waals surface area (Å²) in [5.41, 5.74) is 0. The first-order valence-electron chi connectivity index (χ1n) is 40.7. The lowest BCUT2D eigenvalue weighted by molar-refractivity contribution is -0.143. The van der Waals surface area contributed by atoms with Gasteiger partial charge in [-0.05, 0) is 83.5 Å². The van der Waals surface area contributed by atoms with Crippen LogP contribution in [-0.2, 0) is 14.3 Å². The normalized spacial score (nSPS) is 12.6. The Hall–Kier alpha value is -1.92. The van der Waals surface area contributed by atoms with Crippen molar-refractivity contribution in [3.05, 3.63) is 36.5 Å². The number of amides is 1. The van der Waals surface area contributed by atoms with Crippen LogP contribution in [0.4, 0.5) is 0 Å². The van der Waals surface area contributed by atoms with E-state index in [2.05, 4.69) is 55.6 Å².